The number of carbonyl (C=O) groups excluding carboxylic acids is 1. The quantitative estimate of drug-likeness (QED) is 0.673. The molecule has 19 heavy (non-hydrogen) atoms. The number of thiol groups is 1. The third-order valence-electron chi connectivity index (χ3n) is 3.36. The molecule has 0 saturated carbocycles. The summed E-state index contributed by atoms with van der Waals surface area (Å²) < 4.78 is 50.6. The second-order valence-corrected chi connectivity index (χ2v) is 9.52. The topological polar surface area (TPSA) is 49.7 Å². The van der Waals surface area contributed by atoms with E-state index in [0.29, 0.717) is 0 Å². The zero-order valence-corrected chi connectivity index (χ0v) is 12.6. The zero-order valence-electron chi connectivity index (χ0n) is 11.7. The van der Waals surface area contributed by atoms with E-state index in [1.807, 2.05) is 27.7 Å². The molecule has 0 spiro atoms. The molecular formula is C12H22F3NO2S. The van der Waals surface area contributed by atoms with Crippen LogP contribution >= 0.6 is 0 Å². The second-order valence-electron chi connectivity index (χ2n) is 6.93. The Morgan fingerprint density at radius 2 is 1.47 bits per heavy atom. The van der Waals surface area contributed by atoms with Crippen molar-refractivity contribution in [3.05, 3.63) is 0 Å². The van der Waals surface area contributed by atoms with Crippen LogP contribution in [0.3, 0.4) is 0 Å². The smallest absolute Gasteiger partial charge is 0.344 e. The van der Waals surface area contributed by atoms with Gasteiger partial charge < -0.3 is 4.55 Å². The molecule has 1 aliphatic rings. The van der Waals surface area contributed by atoms with Gasteiger partial charge in [-0.15, -0.1) is 10.1 Å². The van der Waals surface area contributed by atoms with Gasteiger partial charge in [-0.3, -0.25) is 4.79 Å². The van der Waals surface area contributed by atoms with Gasteiger partial charge in [0.2, 0.25) is 0 Å². The van der Waals surface area contributed by atoms with E-state index in [1.54, 1.807) is 0 Å². The largest absolute Gasteiger partial charge is 0.474 e. The molecule has 0 unspecified atom stereocenters. The van der Waals surface area contributed by atoms with Gasteiger partial charge in [0.15, 0.2) is 0 Å². The van der Waals surface area contributed by atoms with Crippen molar-refractivity contribution in [3.63, 3.8) is 0 Å². The molecule has 1 saturated heterocycles. The highest BCUT2D eigenvalue weighted by Gasteiger charge is 2.42. The molecule has 114 valence electrons. The maximum Gasteiger partial charge on any atom is 0.474 e. The Morgan fingerprint density at radius 3 is 1.79 bits per heavy atom. The number of carbonyl (C=O) groups is 1. The van der Waals surface area contributed by atoms with E-state index in [0.717, 1.165) is 12.8 Å². The third-order valence-corrected chi connectivity index (χ3v) is 6.64. The fourth-order valence-corrected chi connectivity index (χ4v) is 6.32. The van der Waals surface area contributed by atoms with Crippen LogP contribution in [0.25, 0.3) is 0 Å². The molecule has 1 N–H and O–H groups in total. The highest BCUT2D eigenvalue weighted by molar-refractivity contribution is 8.00. The molecule has 7 heteroatoms. The van der Waals surface area contributed by atoms with Crippen LogP contribution in [0, 0.1) is 10.8 Å². The Balaban J connectivity index is 3.19. The van der Waals surface area contributed by atoms with Gasteiger partial charge >= 0.3 is 12.1 Å². The molecule has 0 bridgehead atoms. The Labute approximate surface area is 112 Å². The van der Waals surface area contributed by atoms with Crippen molar-refractivity contribution in [1.29, 1.82) is 0 Å². The first-order valence-electron chi connectivity index (χ1n) is 6.19. The molecule has 1 aliphatic heterocycles. The predicted octanol–water partition coefficient (Wildman–Crippen LogP) is 3.46. The SMILES string of the molecule is CC1(C)CCC(C)(C)C[SH](O)(=NC(=O)C(F)(F)F)C1. The molecule has 0 atom stereocenters. The van der Waals surface area contributed by atoms with Crippen molar-refractivity contribution >= 4 is 16.0 Å². The molecule has 0 radical (unpaired) electrons. The highest BCUT2D eigenvalue weighted by Crippen LogP contribution is 2.40. The van der Waals surface area contributed by atoms with Gasteiger partial charge in [-0.1, -0.05) is 27.7 Å². The average Bonchev–Trinajstić information content (AvgIpc) is 2.17. The van der Waals surface area contributed by atoms with Crippen molar-refractivity contribution in [2.45, 2.75) is 46.7 Å². The minimum Gasteiger partial charge on any atom is -0.344 e. The van der Waals surface area contributed by atoms with Crippen molar-refractivity contribution in [1.82, 2.24) is 0 Å². The summed E-state index contributed by atoms with van der Waals surface area (Å²) in [6.07, 6.45) is -3.40. The Morgan fingerprint density at radius 1 is 1.11 bits per heavy atom. The summed E-state index contributed by atoms with van der Waals surface area (Å²) in [7, 11) is -3.25. The summed E-state index contributed by atoms with van der Waals surface area (Å²) in [6.45, 7) is 7.58. The first-order valence-corrected chi connectivity index (χ1v) is 8.26. The maximum absolute atomic E-state index is 12.3. The number of amides is 1. The van der Waals surface area contributed by atoms with E-state index in [1.165, 1.54) is 0 Å². The lowest BCUT2D eigenvalue weighted by Crippen LogP contribution is -2.34. The fourth-order valence-electron chi connectivity index (χ4n) is 2.56. The third kappa shape index (κ3) is 4.87. The minimum atomic E-state index is -5.00. The summed E-state index contributed by atoms with van der Waals surface area (Å²) in [5, 5.41) is 0. The molecule has 1 rings (SSSR count). The number of alkyl halides is 3. The summed E-state index contributed by atoms with van der Waals surface area (Å²) in [5.74, 6) is -1.81. The van der Waals surface area contributed by atoms with E-state index < -0.39 is 22.2 Å². The van der Waals surface area contributed by atoms with Crippen molar-refractivity contribution in [2.75, 3.05) is 11.5 Å². The molecule has 1 heterocycles. The zero-order chi connectivity index (χ0) is 15.1. The predicted molar refractivity (Wildman–Crippen MR) is 71.4 cm³/mol. The Kier molecular flexibility index (Phi) is 4.23. The fraction of sp³-hybridized carbons (Fsp3) is 0.917. The summed E-state index contributed by atoms with van der Waals surface area (Å²) >= 11 is 0. The van der Waals surface area contributed by atoms with Crippen LogP contribution < -0.4 is 0 Å². The van der Waals surface area contributed by atoms with Crippen LogP contribution in [0.5, 0.6) is 0 Å². The highest BCUT2D eigenvalue weighted by atomic mass is 32.3. The molecule has 1 amide bonds. The van der Waals surface area contributed by atoms with Crippen LogP contribution in [0.1, 0.15) is 40.5 Å². The van der Waals surface area contributed by atoms with Crippen LogP contribution in [0.15, 0.2) is 4.36 Å². The molecule has 0 aromatic rings. The molecular weight excluding hydrogens is 279 g/mol. The average molecular weight is 301 g/mol. The summed E-state index contributed by atoms with van der Waals surface area (Å²) in [5.41, 5.74) is -0.600. The monoisotopic (exact) mass is 301 g/mol. The Hall–Kier alpha value is -0.430. The number of halogens is 3. The summed E-state index contributed by atoms with van der Waals surface area (Å²) in [6, 6.07) is 0. The lowest BCUT2D eigenvalue weighted by atomic mass is 9.81. The first-order chi connectivity index (χ1) is 8.25. The molecule has 0 aliphatic carbocycles. The van der Waals surface area contributed by atoms with Gasteiger partial charge in [-0.2, -0.15) is 17.5 Å². The van der Waals surface area contributed by atoms with Gasteiger partial charge in [0.25, 0.3) is 0 Å². The number of rotatable bonds is 0. The van der Waals surface area contributed by atoms with Crippen LogP contribution in [0.2, 0.25) is 0 Å². The second kappa shape index (κ2) is 4.84. The van der Waals surface area contributed by atoms with Crippen LogP contribution in [0.4, 0.5) is 13.2 Å². The molecule has 3 nitrogen and oxygen atoms in total. The van der Waals surface area contributed by atoms with E-state index in [9.17, 15) is 22.5 Å². The minimum absolute atomic E-state index is 0.172. The summed E-state index contributed by atoms with van der Waals surface area (Å²) in [4.78, 5) is 11.0. The normalized spacial score (nSPS) is 27.2. The van der Waals surface area contributed by atoms with Crippen molar-refractivity contribution in [3.8, 4) is 0 Å². The number of hydrogen-bond donors (Lipinski definition) is 2. The molecule has 1 fully saturated rings. The van der Waals surface area contributed by atoms with Crippen molar-refractivity contribution in [2.24, 2.45) is 15.2 Å². The van der Waals surface area contributed by atoms with Gasteiger partial charge in [-0.05, 0) is 23.7 Å². The van der Waals surface area contributed by atoms with Crippen LogP contribution in [-0.2, 0) is 14.9 Å². The first kappa shape index (κ1) is 16.6. The van der Waals surface area contributed by atoms with E-state index in [2.05, 4.69) is 4.36 Å². The van der Waals surface area contributed by atoms with Gasteiger partial charge in [0, 0.05) is 11.5 Å². The number of nitrogens with zero attached hydrogens (tertiary/aromatic N) is 1. The van der Waals surface area contributed by atoms with Crippen molar-refractivity contribution < 1.29 is 22.5 Å². The lowest BCUT2D eigenvalue weighted by Gasteiger charge is -2.32. The van der Waals surface area contributed by atoms with Crippen LogP contribution in [-0.4, -0.2) is 28.1 Å². The maximum atomic E-state index is 12.3. The molecule has 0 aromatic carbocycles. The molecule has 0 aromatic heterocycles. The Bertz CT molecular complexity index is 405. The number of hydrogen-bond acceptors (Lipinski definition) is 1. The van der Waals surface area contributed by atoms with E-state index in [-0.39, 0.29) is 22.3 Å². The van der Waals surface area contributed by atoms with Gasteiger partial charge in [0.05, 0.1) is 0 Å². The van der Waals surface area contributed by atoms with E-state index in [4.69, 9.17) is 0 Å². The van der Waals surface area contributed by atoms with Gasteiger partial charge in [-0.25, -0.2) is 0 Å². The van der Waals surface area contributed by atoms with E-state index >= 15 is 0 Å². The lowest BCUT2D eigenvalue weighted by molar-refractivity contribution is -0.169. The standard InChI is InChI=1S/C12H22F3NO2S/c1-10(2)5-6-11(3,4)8-19(18,7-10)16-9(17)12(13,14)15/h19H,5-8H2,1-4H3,(H,16,17,18). The van der Waals surface area contributed by atoms with Gasteiger partial charge in [0.1, 0.15) is 0 Å².